The molecule has 4 heteroatoms. The fourth-order valence-electron chi connectivity index (χ4n) is 1.15. The van der Waals surface area contributed by atoms with E-state index in [2.05, 4.69) is 19.7 Å². The molecule has 0 unspecified atom stereocenters. The Hall–Kier alpha value is -0.683. The van der Waals surface area contributed by atoms with Gasteiger partial charge in [0.1, 0.15) is 0 Å². The second kappa shape index (κ2) is 8.47. The second-order valence-electron chi connectivity index (χ2n) is 3.12. The summed E-state index contributed by atoms with van der Waals surface area (Å²) >= 11 is 0. The summed E-state index contributed by atoms with van der Waals surface area (Å²) < 4.78 is 16.9. The maximum absolute atomic E-state index is 5.74. The van der Waals surface area contributed by atoms with Crippen LogP contribution in [0.15, 0.2) is 37.6 Å². The van der Waals surface area contributed by atoms with Crippen molar-refractivity contribution in [1.82, 2.24) is 0 Å². The third-order valence-electron chi connectivity index (χ3n) is 2.02. The molecule has 0 atom stereocenters. The van der Waals surface area contributed by atoms with Gasteiger partial charge in [0.25, 0.3) is 0 Å². The van der Waals surface area contributed by atoms with Crippen molar-refractivity contribution in [1.29, 1.82) is 0 Å². The lowest BCUT2D eigenvalue weighted by Crippen LogP contribution is -2.45. The summed E-state index contributed by atoms with van der Waals surface area (Å²) in [5.41, 5.74) is 1.66. The number of rotatable bonds is 10. The van der Waals surface area contributed by atoms with Crippen LogP contribution in [0, 0.1) is 5.92 Å². The molecular weight excluding hydrogens is 220 g/mol. The third-order valence-corrected chi connectivity index (χ3v) is 4.47. The molecule has 0 aromatic carbocycles. The Morgan fingerprint density at radius 1 is 1.00 bits per heavy atom. The molecule has 0 aliphatic rings. The fraction of sp³-hybridized carbons (Fsp3) is 0.500. The van der Waals surface area contributed by atoms with Gasteiger partial charge in [-0.3, -0.25) is 0 Å². The van der Waals surface area contributed by atoms with Crippen LogP contribution in [0.25, 0.3) is 0 Å². The van der Waals surface area contributed by atoms with Gasteiger partial charge in [-0.1, -0.05) is 18.7 Å². The molecule has 0 heterocycles. The van der Waals surface area contributed by atoms with Crippen LogP contribution in [-0.2, 0) is 13.3 Å². The zero-order valence-electron chi connectivity index (χ0n) is 10.3. The van der Waals surface area contributed by atoms with Crippen molar-refractivity contribution in [3.63, 3.8) is 0 Å². The summed E-state index contributed by atoms with van der Waals surface area (Å²) in [5.74, 6) is 0.104. The first-order valence-electron chi connectivity index (χ1n) is 5.48. The van der Waals surface area contributed by atoms with Crippen molar-refractivity contribution in [3.05, 3.63) is 37.6 Å². The molecule has 0 radical (unpaired) electrons. The Morgan fingerprint density at radius 2 is 1.50 bits per heavy atom. The molecule has 0 spiro atoms. The molecule has 92 valence electrons. The van der Waals surface area contributed by atoms with Crippen molar-refractivity contribution >= 4 is 8.80 Å². The molecule has 3 nitrogen and oxygen atoms in total. The first kappa shape index (κ1) is 15.3. The molecule has 0 N–H and O–H groups in total. The minimum atomic E-state index is -2.70. The van der Waals surface area contributed by atoms with Crippen molar-refractivity contribution in [2.24, 2.45) is 5.92 Å². The minimum absolute atomic E-state index is 0.104. The Labute approximate surface area is 99.8 Å². The molecule has 0 aliphatic carbocycles. The lowest BCUT2D eigenvalue weighted by Gasteiger charge is -2.26. The SMILES string of the molecule is C=CC(C=C)CO[Si](C=C)(OCC)OCC. The van der Waals surface area contributed by atoms with E-state index >= 15 is 0 Å². The minimum Gasteiger partial charge on any atom is -0.371 e. The van der Waals surface area contributed by atoms with Gasteiger partial charge in [0.2, 0.25) is 0 Å². The van der Waals surface area contributed by atoms with E-state index in [4.69, 9.17) is 13.3 Å². The molecule has 0 saturated carbocycles. The summed E-state index contributed by atoms with van der Waals surface area (Å²) in [5, 5.41) is 0. The standard InChI is InChI=1S/C12H22O3Si/c1-6-12(7-2)11-15-16(10-5,13-8-3)14-9-4/h6-7,10,12H,1-2,5,8-9,11H2,3-4H3. The van der Waals surface area contributed by atoms with E-state index in [0.717, 1.165) is 0 Å². The summed E-state index contributed by atoms with van der Waals surface area (Å²) in [6.45, 7) is 16.5. The van der Waals surface area contributed by atoms with Crippen LogP contribution >= 0.6 is 0 Å². The van der Waals surface area contributed by atoms with Gasteiger partial charge < -0.3 is 13.3 Å². The smallest absolute Gasteiger partial charge is 0.371 e. The zero-order valence-corrected chi connectivity index (χ0v) is 11.3. The number of hydrogen-bond acceptors (Lipinski definition) is 3. The van der Waals surface area contributed by atoms with Gasteiger partial charge in [-0.2, -0.15) is 0 Å². The van der Waals surface area contributed by atoms with E-state index in [1.54, 1.807) is 17.9 Å². The first-order chi connectivity index (χ1) is 7.67. The van der Waals surface area contributed by atoms with Crippen LogP contribution < -0.4 is 0 Å². The lowest BCUT2D eigenvalue weighted by molar-refractivity contribution is 0.0757. The normalized spacial score (nSPS) is 11.4. The van der Waals surface area contributed by atoms with Gasteiger partial charge in [0, 0.05) is 25.7 Å². The third kappa shape index (κ3) is 4.89. The predicted molar refractivity (Wildman–Crippen MR) is 69.0 cm³/mol. The molecular formula is C12H22O3Si. The fourth-order valence-corrected chi connectivity index (χ4v) is 2.98. The highest BCUT2D eigenvalue weighted by Gasteiger charge is 2.37. The van der Waals surface area contributed by atoms with Gasteiger partial charge in [-0.05, 0) is 19.5 Å². The van der Waals surface area contributed by atoms with Crippen molar-refractivity contribution < 1.29 is 13.3 Å². The quantitative estimate of drug-likeness (QED) is 0.435. The van der Waals surface area contributed by atoms with E-state index in [1.807, 2.05) is 13.8 Å². The maximum atomic E-state index is 5.74. The lowest BCUT2D eigenvalue weighted by atomic mass is 10.2. The van der Waals surface area contributed by atoms with Crippen molar-refractivity contribution in [2.75, 3.05) is 19.8 Å². The van der Waals surface area contributed by atoms with Crippen LogP contribution in [0.2, 0.25) is 0 Å². The van der Waals surface area contributed by atoms with Crippen LogP contribution in [0.3, 0.4) is 0 Å². The molecule has 0 amide bonds. The Bertz CT molecular complexity index is 214. The first-order valence-corrected chi connectivity index (χ1v) is 7.28. The van der Waals surface area contributed by atoms with E-state index in [1.165, 1.54) is 0 Å². The van der Waals surface area contributed by atoms with Gasteiger partial charge in [0.05, 0.1) is 0 Å². The molecule has 16 heavy (non-hydrogen) atoms. The Balaban J connectivity index is 4.44. The van der Waals surface area contributed by atoms with Gasteiger partial charge >= 0.3 is 8.80 Å². The van der Waals surface area contributed by atoms with Crippen molar-refractivity contribution in [2.45, 2.75) is 13.8 Å². The van der Waals surface area contributed by atoms with Gasteiger partial charge in [0.15, 0.2) is 0 Å². The van der Waals surface area contributed by atoms with Crippen LogP contribution in [0.1, 0.15) is 13.8 Å². The Morgan fingerprint density at radius 3 is 1.81 bits per heavy atom. The highest BCUT2D eigenvalue weighted by atomic mass is 28.4. The predicted octanol–water partition coefficient (Wildman–Crippen LogP) is 2.73. The summed E-state index contributed by atoms with van der Waals surface area (Å²) in [7, 11) is -2.70. The van der Waals surface area contributed by atoms with E-state index in [-0.39, 0.29) is 5.92 Å². The second-order valence-corrected chi connectivity index (χ2v) is 5.60. The highest BCUT2D eigenvalue weighted by molar-refractivity contribution is 6.66. The average Bonchev–Trinajstić information content (AvgIpc) is 2.30. The van der Waals surface area contributed by atoms with Crippen LogP contribution in [0.4, 0.5) is 0 Å². The summed E-state index contributed by atoms with van der Waals surface area (Å²) in [6.07, 6.45) is 3.57. The molecule has 0 aromatic rings. The topological polar surface area (TPSA) is 27.7 Å². The zero-order chi connectivity index (χ0) is 12.4. The van der Waals surface area contributed by atoms with Crippen molar-refractivity contribution in [3.8, 4) is 0 Å². The largest absolute Gasteiger partial charge is 0.529 e. The summed E-state index contributed by atoms with van der Waals surface area (Å²) in [4.78, 5) is 0. The van der Waals surface area contributed by atoms with Gasteiger partial charge in [-0.15, -0.1) is 13.2 Å². The van der Waals surface area contributed by atoms with E-state index in [9.17, 15) is 0 Å². The number of hydrogen-bond donors (Lipinski definition) is 0. The monoisotopic (exact) mass is 242 g/mol. The van der Waals surface area contributed by atoms with Gasteiger partial charge in [-0.25, -0.2) is 0 Å². The maximum Gasteiger partial charge on any atom is 0.529 e. The summed E-state index contributed by atoms with van der Waals surface area (Å²) in [6, 6.07) is 0. The molecule has 0 saturated heterocycles. The molecule has 0 bridgehead atoms. The van der Waals surface area contributed by atoms with E-state index in [0.29, 0.717) is 19.8 Å². The highest BCUT2D eigenvalue weighted by Crippen LogP contribution is 2.13. The average molecular weight is 242 g/mol. The Kier molecular flexibility index (Phi) is 8.11. The molecule has 0 aliphatic heterocycles. The molecule has 0 aromatic heterocycles. The van der Waals surface area contributed by atoms with Crippen LogP contribution in [0.5, 0.6) is 0 Å². The van der Waals surface area contributed by atoms with E-state index < -0.39 is 8.80 Å². The molecule has 0 fully saturated rings. The van der Waals surface area contributed by atoms with Crippen LogP contribution in [-0.4, -0.2) is 28.6 Å². The molecule has 0 rings (SSSR count).